The molecule has 0 bridgehead atoms. The quantitative estimate of drug-likeness (QED) is 0.725. The highest BCUT2D eigenvalue weighted by atomic mass is 79.9. The molecule has 0 atom stereocenters. The van der Waals surface area contributed by atoms with Crippen molar-refractivity contribution in [3.63, 3.8) is 0 Å². The summed E-state index contributed by atoms with van der Waals surface area (Å²) in [6.07, 6.45) is 1.30. The van der Waals surface area contributed by atoms with Crippen LogP contribution in [0.2, 0.25) is 0 Å². The van der Waals surface area contributed by atoms with Crippen LogP contribution in [-0.4, -0.2) is 64.0 Å². The van der Waals surface area contributed by atoms with E-state index in [-0.39, 0.29) is 5.56 Å². The van der Waals surface area contributed by atoms with Gasteiger partial charge in [-0.3, -0.25) is 14.8 Å². The van der Waals surface area contributed by atoms with Crippen molar-refractivity contribution >= 4 is 22.1 Å². The van der Waals surface area contributed by atoms with Gasteiger partial charge in [0.25, 0.3) is 5.56 Å². The predicted octanol–water partition coefficient (Wildman–Crippen LogP) is 0.575. The summed E-state index contributed by atoms with van der Waals surface area (Å²) in [6, 6.07) is 6.80. The molecule has 0 unspecified atom stereocenters. The first kappa shape index (κ1) is 17.4. The van der Waals surface area contributed by atoms with Crippen LogP contribution in [0.4, 0.5) is 0 Å². The highest BCUT2D eigenvalue weighted by molar-refractivity contribution is 9.10. The van der Waals surface area contributed by atoms with Gasteiger partial charge in [0.15, 0.2) is 0 Å². The number of aromatic hydroxyl groups is 1. The Morgan fingerprint density at radius 3 is 2.44 bits per heavy atom. The van der Waals surface area contributed by atoms with Crippen molar-refractivity contribution in [2.24, 2.45) is 5.10 Å². The van der Waals surface area contributed by atoms with Gasteiger partial charge in [0.05, 0.1) is 11.9 Å². The second kappa shape index (κ2) is 7.24. The van der Waals surface area contributed by atoms with Gasteiger partial charge in [0.2, 0.25) is 5.88 Å². The molecule has 1 saturated heterocycles. The molecule has 0 radical (unpaired) electrons. The Bertz CT molecular complexity index is 895. The number of aromatic nitrogens is 2. The molecule has 3 rings (SSSR count). The lowest BCUT2D eigenvalue weighted by Gasteiger charge is -2.30. The third-order valence-corrected chi connectivity index (χ3v) is 4.56. The Kier molecular flexibility index (Phi) is 5.05. The molecule has 0 amide bonds. The van der Waals surface area contributed by atoms with Crippen LogP contribution in [0.15, 0.2) is 43.4 Å². The van der Waals surface area contributed by atoms with E-state index < -0.39 is 17.1 Å². The molecule has 8 nitrogen and oxygen atoms in total. The molecule has 0 saturated carbocycles. The summed E-state index contributed by atoms with van der Waals surface area (Å²) in [4.78, 5) is 28.6. The number of likely N-dealkylation sites (N-methyl/N-ethyl adjacent to an activating group) is 1. The molecular formula is C16H18BrN5O3. The summed E-state index contributed by atoms with van der Waals surface area (Å²) < 4.78 is 1.88. The number of rotatable bonds is 3. The topological polar surface area (TPSA) is 93.9 Å². The Morgan fingerprint density at radius 2 is 1.80 bits per heavy atom. The number of hydrazone groups is 1. The van der Waals surface area contributed by atoms with Gasteiger partial charge >= 0.3 is 5.69 Å². The van der Waals surface area contributed by atoms with Crippen LogP contribution in [0.1, 0.15) is 5.56 Å². The van der Waals surface area contributed by atoms with Crippen LogP contribution < -0.4 is 11.2 Å². The molecule has 0 spiro atoms. The summed E-state index contributed by atoms with van der Waals surface area (Å²) in [5.41, 5.74) is -0.993. The van der Waals surface area contributed by atoms with Crippen LogP contribution in [0.5, 0.6) is 5.88 Å². The van der Waals surface area contributed by atoms with Gasteiger partial charge in [-0.15, -0.1) is 0 Å². The molecule has 2 N–H and O–H groups in total. The van der Waals surface area contributed by atoms with Crippen molar-refractivity contribution in [2.75, 3.05) is 33.2 Å². The fourth-order valence-corrected chi connectivity index (χ4v) is 2.80. The number of benzene rings is 1. The van der Waals surface area contributed by atoms with Crippen molar-refractivity contribution in [3.05, 3.63) is 55.1 Å². The maximum Gasteiger partial charge on any atom is 0.335 e. The molecule has 9 heteroatoms. The van der Waals surface area contributed by atoms with Gasteiger partial charge in [-0.2, -0.15) is 5.10 Å². The van der Waals surface area contributed by atoms with E-state index in [1.165, 1.54) is 6.21 Å². The van der Waals surface area contributed by atoms with Crippen molar-refractivity contribution in [1.82, 2.24) is 19.5 Å². The fraction of sp³-hybridized carbons (Fsp3) is 0.312. The van der Waals surface area contributed by atoms with Crippen LogP contribution in [0.3, 0.4) is 0 Å². The fourth-order valence-electron chi connectivity index (χ4n) is 2.54. The van der Waals surface area contributed by atoms with E-state index >= 15 is 0 Å². The Labute approximate surface area is 152 Å². The molecule has 2 aromatic rings. The summed E-state index contributed by atoms with van der Waals surface area (Å²) in [5, 5.41) is 16.6. The number of H-pyrrole nitrogens is 1. The zero-order valence-corrected chi connectivity index (χ0v) is 15.2. The Morgan fingerprint density at radius 1 is 1.16 bits per heavy atom. The monoisotopic (exact) mass is 407 g/mol. The number of nitrogens with zero attached hydrogens (tertiary/aromatic N) is 4. The van der Waals surface area contributed by atoms with Gasteiger partial charge in [-0.05, 0) is 31.3 Å². The van der Waals surface area contributed by atoms with Gasteiger partial charge in [-0.25, -0.2) is 9.36 Å². The van der Waals surface area contributed by atoms with Crippen molar-refractivity contribution in [3.8, 4) is 11.6 Å². The van der Waals surface area contributed by atoms with E-state index in [4.69, 9.17) is 0 Å². The van der Waals surface area contributed by atoms with Gasteiger partial charge in [0.1, 0.15) is 5.56 Å². The standard InChI is InChI=1S/C16H18BrN5O3/c1-20-6-8-21(9-7-20)18-10-13-14(23)19-16(25)22(15(13)24)12-4-2-11(17)3-5-12/h2-5,10,24H,6-9H2,1H3,(H,19,23,25)/b18-10+. The molecule has 1 aliphatic heterocycles. The number of hydrogen-bond acceptors (Lipinski definition) is 6. The third kappa shape index (κ3) is 3.83. The minimum atomic E-state index is -0.707. The van der Waals surface area contributed by atoms with Crippen molar-refractivity contribution < 1.29 is 5.11 Å². The minimum Gasteiger partial charge on any atom is -0.493 e. The number of nitrogens with one attached hydrogen (secondary N) is 1. The number of halogens is 1. The molecule has 1 aliphatic rings. The van der Waals surface area contributed by atoms with Gasteiger partial charge in [-0.1, -0.05) is 15.9 Å². The number of hydrogen-bond donors (Lipinski definition) is 2. The molecular weight excluding hydrogens is 390 g/mol. The lowest BCUT2D eigenvalue weighted by molar-refractivity contribution is 0.159. The molecule has 1 fully saturated rings. The molecule has 25 heavy (non-hydrogen) atoms. The van der Waals surface area contributed by atoms with Crippen molar-refractivity contribution in [1.29, 1.82) is 0 Å². The summed E-state index contributed by atoms with van der Waals surface area (Å²) >= 11 is 3.32. The largest absolute Gasteiger partial charge is 0.493 e. The second-order valence-electron chi connectivity index (χ2n) is 5.81. The van der Waals surface area contributed by atoms with E-state index in [9.17, 15) is 14.7 Å². The lowest BCUT2D eigenvalue weighted by atomic mass is 10.3. The third-order valence-electron chi connectivity index (χ3n) is 4.04. The maximum absolute atomic E-state index is 12.1. The zero-order valence-electron chi connectivity index (χ0n) is 13.6. The van der Waals surface area contributed by atoms with E-state index in [0.717, 1.165) is 35.2 Å². The summed E-state index contributed by atoms with van der Waals surface area (Å²) in [7, 11) is 2.03. The predicted molar refractivity (Wildman–Crippen MR) is 98.7 cm³/mol. The summed E-state index contributed by atoms with van der Waals surface area (Å²) in [5.74, 6) is -0.436. The van der Waals surface area contributed by atoms with E-state index in [1.807, 2.05) is 12.1 Å². The normalized spacial score (nSPS) is 15.8. The minimum absolute atomic E-state index is 0.0542. The molecule has 1 aromatic carbocycles. The number of aromatic amines is 1. The average molecular weight is 408 g/mol. The van der Waals surface area contributed by atoms with Crippen LogP contribution >= 0.6 is 15.9 Å². The molecule has 0 aliphatic carbocycles. The molecule has 2 heterocycles. The highest BCUT2D eigenvalue weighted by Crippen LogP contribution is 2.18. The average Bonchev–Trinajstić information content (AvgIpc) is 2.57. The van der Waals surface area contributed by atoms with E-state index in [1.54, 1.807) is 24.3 Å². The van der Waals surface area contributed by atoms with E-state index in [0.29, 0.717) is 5.69 Å². The first-order valence-electron chi connectivity index (χ1n) is 7.77. The molecule has 132 valence electrons. The smallest absolute Gasteiger partial charge is 0.335 e. The lowest BCUT2D eigenvalue weighted by Crippen LogP contribution is -2.42. The van der Waals surface area contributed by atoms with Crippen LogP contribution in [-0.2, 0) is 0 Å². The van der Waals surface area contributed by atoms with Gasteiger partial charge < -0.3 is 10.0 Å². The SMILES string of the molecule is CN1CCN(/N=C/c2c(O)n(-c3ccc(Br)cc3)c(=O)[nH]c2=O)CC1. The number of piperazine rings is 1. The zero-order chi connectivity index (χ0) is 18.0. The van der Waals surface area contributed by atoms with Crippen molar-refractivity contribution in [2.45, 2.75) is 0 Å². The Balaban J connectivity index is 1.97. The van der Waals surface area contributed by atoms with Gasteiger partial charge in [0, 0.05) is 30.7 Å². The first-order chi connectivity index (χ1) is 12.0. The first-order valence-corrected chi connectivity index (χ1v) is 8.57. The second-order valence-corrected chi connectivity index (χ2v) is 6.73. The Hall–Kier alpha value is -2.39. The van der Waals surface area contributed by atoms with Crippen LogP contribution in [0.25, 0.3) is 5.69 Å². The maximum atomic E-state index is 12.1. The molecule has 1 aromatic heterocycles. The summed E-state index contributed by atoms with van der Waals surface area (Å²) in [6.45, 7) is 3.21. The highest BCUT2D eigenvalue weighted by Gasteiger charge is 2.16. The van der Waals surface area contributed by atoms with Crippen LogP contribution in [0, 0.1) is 0 Å². The van der Waals surface area contributed by atoms with E-state index in [2.05, 4.69) is 30.9 Å².